The Morgan fingerprint density at radius 3 is 2.46 bits per heavy atom. The van der Waals surface area contributed by atoms with E-state index in [4.69, 9.17) is 4.74 Å². The van der Waals surface area contributed by atoms with Gasteiger partial charge in [0.2, 0.25) is 5.91 Å². The van der Waals surface area contributed by atoms with Crippen LogP contribution < -0.4 is 10.6 Å². The first-order chi connectivity index (χ1) is 11.4. The molecule has 0 heterocycles. The van der Waals surface area contributed by atoms with Crippen LogP contribution in [-0.4, -0.2) is 63.2 Å². The lowest BCUT2D eigenvalue weighted by molar-refractivity contribution is -0.163. The van der Waals surface area contributed by atoms with Gasteiger partial charge in [-0.3, -0.25) is 4.79 Å². The molecule has 6 heteroatoms. The fourth-order valence-corrected chi connectivity index (χ4v) is 3.85. The number of aliphatic imine (C=N–C) groups is 1. The molecule has 0 aromatic rings. The first kappa shape index (κ1) is 20.5. The molecule has 138 valence electrons. The van der Waals surface area contributed by atoms with Crippen LogP contribution in [0.4, 0.5) is 0 Å². The zero-order chi connectivity index (χ0) is 18.3. The topological polar surface area (TPSA) is 66.0 Å². The van der Waals surface area contributed by atoms with Crippen molar-refractivity contribution in [2.24, 2.45) is 16.3 Å². The summed E-state index contributed by atoms with van der Waals surface area (Å²) in [6, 6.07) is 0.267. The minimum absolute atomic E-state index is 0.0247. The largest absolute Gasteiger partial charge is 0.380 e. The van der Waals surface area contributed by atoms with Crippen molar-refractivity contribution in [2.75, 3.05) is 34.3 Å². The maximum Gasteiger partial charge on any atom is 0.243 e. The molecule has 0 radical (unpaired) electrons. The Morgan fingerprint density at radius 1 is 1.38 bits per heavy atom. The highest BCUT2D eigenvalue weighted by Gasteiger charge is 2.58. The van der Waals surface area contributed by atoms with Gasteiger partial charge in [-0.2, -0.15) is 0 Å². The van der Waals surface area contributed by atoms with Gasteiger partial charge in [0, 0.05) is 45.1 Å². The van der Waals surface area contributed by atoms with Gasteiger partial charge in [-0.05, 0) is 12.8 Å². The number of likely N-dealkylation sites (N-methyl/N-ethyl adjacent to an activating group) is 1. The van der Waals surface area contributed by atoms with E-state index >= 15 is 0 Å². The van der Waals surface area contributed by atoms with Gasteiger partial charge in [0.05, 0.1) is 6.10 Å². The van der Waals surface area contributed by atoms with Crippen LogP contribution in [-0.2, 0) is 9.53 Å². The number of hydrogen-bond donors (Lipinski definition) is 2. The summed E-state index contributed by atoms with van der Waals surface area (Å²) < 4.78 is 5.74. The molecule has 1 aliphatic carbocycles. The zero-order valence-corrected chi connectivity index (χ0v) is 16.1. The molecule has 1 rings (SSSR count). The normalized spacial score (nSPS) is 25.6. The summed E-state index contributed by atoms with van der Waals surface area (Å²) in [5, 5.41) is 6.74. The Labute approximate surface area is 146 Å². The molecule has 0 spiro atoms. The molecule has 2 N–H and O–H groups in total. The molecule has 0 aromatic heterocycles. The van der Waals surface area contributed by atoms with Gasteiger partial charge in [0.1, 0.15) is 6.54 Å². The second-order valence-corrected chi connectivity index (χ2v) is 6.70. The minimum Gasteiger partial charge on any atom is -0.380 e. The van der Waals surface area contributed by atoms with Crippen molar-refractivity contribution in [3.63, 3.8) is 0 Å². The monoisotopic (exact) mass is 338 g/mol. The average molecular weight is 338 g/mol. The quantitative estimate of drug-likeness (QED) is 0.401. The van der Waals surface area contributed by atoms with Crippen molar-refractivity contribution in [2.45, 2.75) is 45.8 Å². The molecule has 0 aliphatic heterocycles. The summed E-state index contributed by atoms with van der Waals surface area (Å²) in [6.45, 7) is 11.1. The fraction of sp³-hybridized carbons (Fsp3) is 0.778. The van der Waals surface area contributed by atoms with Crippen LogP contribution in [0.5, 0.6) is 0 Å². The van der Waals surface area contributed by atoms with E-state index < -0.39 is 0 Å². The Bertz CT molecular complexity index is 458. The smallest absolute Gasteiger partial charge is 0.243 e. The predicted octanol–water partition coefficient (Wildman–Crippen LogP) is 1.64. The van der Waals surface area contributed by atoms with E-state index in [0.717, 1.165) is 12.8 Å². The Hall–Kier alpha value is -1.56. The number of nitrogens with one attached hydrogen (secondary N) is 2. The van der Waals surface area contributed by atoms with Gasteiger partial charge in [-0.25, -0.2) is 4.99 Å². The molecule has 0 saturated heterocycles. The summed E-state index contributed by atoms with van der Waals surface area (Å²) in [4.78, 5) is 17.8. The summed E-state index contributed by atoms with van der Waals surface area (Å²) >= 11 is 0. The van der Waals surface area contributed by atoms with Crippen molar-refractivity contribution in [1.82, 2.24) is 15.5 Å². The number of carbonyl (C=O) groups excluding carboxylic acids is 1. The van der Waals surface area contributed by atoms with Gasteiger partial charge >= 0.3 is 0 Å². The fourth-order valence-electron chi connectivity index (χ4n) is 3.85. The summed E-state index contributed by atoms with van der Waals surface area (Å²) in [7, 11) is 5.26. The van der Waals surface area contributed by atoms with Crippen molar-refractivity contribution < 1.29 is 9.53 Å². The van der Waals surface area contributed by atoms with Crippen LogP contribution in [0.15, 0.2) is 17.6 Å². The third-order valence-electron chi connectivity index (χ3n) is 5.34. The van der Waals surface area contributed by atoms with Crippen molar-refractivity contribution >= 4 is 11.9 Å². The number of amides is 1. The number of ether oxygens (including phenoxy) is 1. The highest BCUT2D eigenvalue weighted by Crippen LogP contribution is 2.52. The van der Waals surface area contributed by atoms with Crippen LogP contribution in [0.25, 0.3) is 0 Å². The number of hydrogen-bond acceptors (Lipinski definition) is 3. The molecule has 1 saturated carbocycles. The van der Waals surface area contributed by atoms with Gasteiger partial charge < -0.3 is 20.3 Å². The lowest BCUT2D eigenvalue weighted by Gasteiger charge is -2.60. The lowest BCUT2D eigenvalue weighted by Crippen LogP contribution is -2.70. The van der Waals surface area contributed by atoms with E-state index in [2.05, 4.69) is 43.0 Å². The van der Waals surface area contributed by atoms with Crippen LogP contribution >= 0.6 is 0 Å². The summed E-state index contributed by atoms with van der Waals surface area (Å²) in [6.07, 6.45) is 4.10. The molecule has 3 unspecified atom stereocenters. The van der Waals surface area contributed by atoms with E-state index in [1.54, 1.807) is 32.2 Å². The molecule has 1 fully saturated rings. The molecular formula is C18H34N4O2. The van der Waals surface area contributed by atoms with Crippen LogP contribution in [0.2, 0.25) is 0 Å². The lowest BCUT2D eigenvalue weighted by atomic mass is 9.53. The van der Waals surface area contributed by atoms with Gasteiger partial charge in [0.25, 0.3) is 0 Å². The van der Waals surface area contributed by atoms with E-state index in [-0.39, 0.29) is 30.0 Å². The predicted molar refractivity (Wildman–Crippen MR) is 99.1 cm³/mol. The maximum absolute atomic E-state index is 11.8. The molecule has 1 amide bonds. The van der Waals surface area contributed by atoms with Crippen molar-refractivity contribution in [3.8, 4) is 0 Å². The van der Waals surface area contributed by atoms with E-state index in [9.17, 15) is 4.79 Å². The van der Waals surface area contributed by atoms with Gasteiger partial charge in [-0.15, -0.1) is 6.58 Å². The van der Waals surface area contributed by atoms with Gasteiger partial charge in [-0.1, -0.05) is 26.8 Å². The number of guanidine groups is 1. The molecule has 24 heavy (non-hydrogen) atoms. The first-order valence-electron chi connectivity index (χ1n) is 8.76. The van der Waals surface area contributed by atoms with E-state index in [1.807, 2.05) is 0 Å². The average Bonchev–Trinajstić information content (AvgIpc) is 2.57. The van der Waals surface area contributed by atoms with Crippen LogP contribution in [0, 0.1) is 11.3 Å². The molecule has 0 bridgehead atoms. The molecule has 3 atom stereocenters. The SMILES string of the molecule is C=CCNC(=NCC(=O)N(C)C)NC1C(C)C(OC)C1(CC)CC. The zero-order valence-electron chi connectivity index (χ0n) is 16.1. The molecule has 1 aliphatic rings. The van der Waals surface area contributed by atoms with E-state index in [0.29, 0.717) is 18.4 Å². The Morgan fingerprint density at radius 2 is 2.00 bits per heavy atom. The Balaban J connectivity index is 2.90. The second-order valence-electron chi connectivity index (χ2n) is 6.70. The van der Waals surface area contributed by atoms with Gasteiger partial charge in [0.15, 0.2) is 5.96 Å². The van der Waals surface area contributed by atoms with E-state index in [1.165, 1.54) is 0 Å². The van der Waals surface area contributed by atoms with Crippen LogP contribution in [0.3, 0.4) is 0 Å². The highest BCUT2D eigenvalue weighted by molar-refractivity contribution is 5.85. The highest BCUT2D eigenvalue weighted by atomic mass is 16.5. The number of nitrogens with zero attached hydrogens (tertiary/aromatic N) is 2. The number of rotatable bonds is 8. The minimum atomic E-state index is -0.0247. The number of carbonyl (C=O) groups is 1. The standard InChI is InChI=1S/C18H34N4O2/c1-8-11-19-17(20-12-14(23)22(5)6)21-15-13(4)16(24-7)18(15,9-2)10-3/h8,13,15-16H,1,9-12H2,2-7H3,(H2,19,20,21). The number of methoxy groups -OCH3 is 1. The molecular weight excluding hydrogens is 304 g/mol. The summed E-state index contributed by atoms with van der Waals surface area (Å²) in [5.74, 6) is 1.02. The van der Waals surface area contributed by atoms with Crippen molar-refractivity contribution in [3.05, 3.63) is 12.7 Å². The second kappa shape index (κ2) is 9.06. The molecule has 0 aromatic carbocycles. The maximum atomic E-state index is 11.8. The third kappa shape index (κ3) is 4.09. The van der Waals surface area contributed by atoms with Crippen molar-refractivity contribution in [1.29, 1.82) is 0 Å². The Kier molecular flexibility index (Phi) is 7.73. The molecule has 6 nitrogen and oxygen atoms in total. The third-order valence-corrected chi connectivity index (χ3v) is 5.34. The first-order valence-corrected chi connectivity index (χ1v) is 8.76. The van der Waals surface area contributed by atoms with Crippen LogP contribution in [0.1, 0.15) is 33.6 Å². The summed E-state index contributed by atoms with van der Waals surface area (Å²) in [5.41, 5.74) is 0.0936.